The molecular weight excluding hydrogens is 751 g/mol. The summed E-state index contributed by atoms with van der Waals surface area (Å²) in [6.07, 6.45) is 6.97. The van der Waals surface area contributed by atoms with Gasteiger partial charge in [0.15, 0.2) is 0 Å². The molecule has 0 radical (unpaired) electrons. The van der Waals surface area contributed by atoms with Crippen LogP contribution in [0.25, 0.3) is 0 Å². The van der Waals surface area contributed by atoms with Crippen molar-refractivity contribution in [2.45, 2.75) is 194 Å². The molecule has 0 saturated heterocycles. The Balaban J connectivity index is 1.31. The summed E-state index contributed by atoms with van der Waals surface area (Å²) >= 11 is 0. The lowest BCUT2D eigenvalue weighted by molar-refractivity contribution is 0.282. The summed E-state index contributed by atoms with van der Waals surface area (Å²) in [6, 6.07) is 20.5. The Bertz CT molecular complexity index is 2810. The van der Waals surface area contributed by atoms with Gasteiger partial charge in [-0.1, -0.05) is 127 Å². The van der Waals surface area contributed by atoms with Crippen LogP contribution in [0.3, 0.4) is 0 Å². The van der Waals surface area contributed by atoms with Crippen LogP contribution >= 0.6 is 0 Å². The average molecular weight is 823 g/mol. The van der Waals surface area contributed by atoms with E-state index in [9.17, 15) is 0 Å². The molecule has 62 heavy (non-hydrogen) atoms. The van der Waals surface area contributed by atoms with Gasteiger partial charge in [-0.05, 0) is 166 Å². The molecule has 5 aromatic rings. The Kier molecular flexibility index (Phi) is 7.81. The van der Waals surface area contributed by atoms with Gasteiger partial charge in [0.05, 0.1) is 22.7 Å². The van der Waals surface area contributed by atoms with E-state index in [1.807, 2.05) is 0 Å². The van der Waals surface area contributed by atoms with E-state index in [-0.39, 0.29) is 44.6 Å². The molecule has 3 aliphatic carbocycles. The first-order valence-corrected chi connectivity index (χ1v) is 24.1. The Morgan fingerprint density at radius 1 is 0.516 bits per heavy atom. The monoisotopic (exact) mass is 823 g/mol. The van der Waals surface area contributed by atoms with Gasteiger partial charge in [0, 0.05) is 33.5 Å². The number of aryl methyl sites for hydroxylation is 3. The molecule has 11 rings (SSSR count). The lowest BCUT2D eigenvalue weighted by Gasteiger charge is -2.55. The molecule has 322 valence electrons. The highest BCUT2D eigenvalue weighted by Gasteiger charge is 2.57. The third-order valence-electron chi connectivity index (χ3n) is 17.8. The summed E-state index contributed by atoms with van der Waals surface area (Å²) in [5.74, 6) is 1.19. The summed E-state index contributed by atoms with van der Waals surface area (Å²) in [5, 5.41) is 0. The minimum Gasteiger partial charge on any atom is -0.472 e. The zero-order valence-corrected chi connectivity index (χ0v) is 41.2. The number of hydrogen-bond donors (Lipinski definition) is 0. The molecular formula is C58H71BN2O. The van der Waals surface area contributed by atoms with Crippen molar-refractivity contribution in [1.82, 2.24) is 0 Å². The summed E-state index contributed by atoms with van der Waals surface area (Å²) in [5.41, 5.74) is 26.6. The maximum absolute atomic E-state index is 7.75. The molecule has 1 atom stereocenters. The second-order valence-electron chi connectivity index (χ2n) is 25.6. The molecule has 1 unspecified atom stereocenters. The number of rotatable bonds is 1. The Morgan fingerprint density at radius 2 is 1.06 bits per heavy atom. The van der Waals surface area contributed by atoms with Crippen molar-refractivity contribution in [3.8, 4) is 0 Å². The van der Waals surface area contributed by atoms with Crippen molar-refractivity contribution in [1.29, 1.82) is 0 Å². The van der Waals surface area contributed by atoms with Crippen molar-refractivity contribution in [2.75, 3.05) is 9.80 Å². The van der Waals surface area contributed by atoms with Crippen LogP contribution in [0.4, 0.5) is 34.1 Å². The lowest BCUT2D eigenvalue weighted by Crippen LogP contribution is -2.62. The molecule has 1 aromatic heterocycles. The van der Waals surface area contributed by atoms with E-state index in [2.05, 4.69) is 176 Å². The third kappa shape index (κ3) is 5.08. The molecule has 0 fully saturated rings. The molecule has 4 heterocycles. The summed E-state index contributed by atoms with van der Waals surface area (Å²) < 4.78 is 7.75. The minimum atomic E-state index is -0.113. The van der Waals surface area contributed by atoms with E-state index in [0.29, 0.717) is 0 Å². The van der Waals surface area contributed by atoms with E-state index >= 15 is 0 Å². The van der Waals surface area contributed by atoms with Crippen molar-refractivity contribution in [2.24, 2.45) is 0 Å². The van der Waals surface area contributed by atoms with Gasteiger partial charge in [0.2, 0.25) is 0 Å². The Hall–Kier alpha value is -4.18. The van der Waals surface area contributed by atoms with Crippen LogP contribution in [0.2, 0.25) is 0 Å². The number of anilines is 6. The maximum atomic E-state index is 7.75. The third-order valence-corrected chi connectivity index (χ3v) is 17.8. The molecule has 0 N–H and O–H groups in total. The molecule has 3 nitrogen and oxygen atoms in total. The second kappa shape index (κ2) is 11.9. The van der Waals surface area contributed by atoms with Crippen LogP contribution in [-0.2, 0) is 37.9 Å². The van der Waals surface area contributed by atoms with Gasteiger partial charge in [-0.3, -0.25) is 0 Å². The summed E-state index contributed by atoms with van der Waals surface area (Å²) in [7, 11) is 0. The molecule has 0 spiro atoms. The second-order valence-corrected chi connectivity index (χ2v) is 25.6. The number of benzene rings is 4. The first-order chi connectivity index (χ1) is 28.7. The number of fused-ring (bicyclic) bond motifs is 10. The Labute approximate surface area is 374 Å². The molecule has 3 aliphatic heterocycles. The predicted octanol–water partition coefficient (Wildman–Crippen LogP) is 14.0. The van der Waals surface area contributed by atoms with Crippen molar-refractivity contribution in [3.05, 3.63) is 110 Å². The van der Waals surface area contributed by atoms with Crippen LogP contribution in [0.15, 0.2) is 52.9 Å². The van der Waals surface area contributed by atoms with Crippen molar-refractivity contribution < 1.29 is 4.42 Å². The average Bonchev–Trinajstić information content (AvgIpc) is 3.59. The van der Waals surface area contributed by atoms with Gasteiger partial charge >= 0.3 is 0 Å². The van der Waals surface area contributed by atoms with E-state index in [1.165, 1.54) is 115 Å². The lowest BCUT2D eigenvalue weighted by atomic mass is 9.34. The zero-order valence-electron chi connectivity index (χ0n) is 41.2. The van der Waals surface area contributed by atoms with Gasteiger partial charge in [0.25, 0.3) is 6.71 Å². The molecule has 0 amide bonds. The van der Waals surface area contributed by atoms with E-state index in [1.54, 1.807) is 11.1 Å². The fourth-order valence-corrected chi connectivity index (χ4v) is 13.7. The predicted molar refractivity (Wildman–Crippen MR) is 265 cm³/mol. The van der Waals surface area contributed by atoms with Crippen LogP contribution in [-0.4, -0.2) is 6.71 Å². The number of furan rings is 1. The molecule has 0 bridgehead atoms. The highest BCUT2D eigenvalue weighted by atomic mass is 16.3. The van der Waals surface area contributed by atoms with Crippen LogP contribution in [0, 0.1) is 20.8 Å². The Morgan fingerprint density at radius 3 is 1.69 bits per heavy atom. The quantitative estimate of drug-likeness (QED) is 0.154. The van der Waals surface area contributed by atoms with Crippen molar-refractivity contribution in [3.63, 3.8) is 0 Å². The molecule has 6 aliphatic rings. The topological polar surface area (TPSA) is 19.6 Å². The normalized spacial score (nSPS) is 23.5. The van der Waals surface area contributed by atoms with Gasteiger partial charge in [-0.25, -0.2) is 0 Å². The first-order valence-electron chi connectivity index (χ1n) is 24.1. The fraction of sp³-hybridized carbons (Fsp3) is 0.517. The number of nitrogens with zero attached hydrogens (tertiary/aromatic N) is 2. The molecule has 0 saturated carbocycles. The van der Waals surface area contributed by atoms with E-state index in [4.69, 9.17) is 4.42 Å². The number of hydrogen-bond acceptors (Lipinski definition) is 3. The SMILES string of the molecule is Cc1cc2c3c(c1)N(c1c(C)cc(C(C)(C)C)cc1C)c1c(oc4c1C(C)(C)CCC4(C)C)B3c1ccc3c4c1N2c1cc2c(cc1C4(C)CCC3(C)C)C(C)(C)CCC2(C)C. The first kappa shape index (κ1) is 40.6. The van der Waals surface area contributed by atoms with Crippen molar-refractivity contribution >= 4 is 57.4 Å². The van der Waals surface area contributed by atoms with Gasteiger partial charge < -0.3 is 14.2 Å². The van der Waals surface area contributed by atoms with E-state index in [0.717, 1.165) is 24.9 Å². The summed E-state index contributed by atoms with van der Waals surface area (Å²) in [6.45, 7) is 41.5. The van der Waals surface area contributed by atoms with Crippen LogP contribution in [0.1, 0.15) is 197 Å². The standard InChI is InChI=1S/C58H71BN2O/c1-32-26-42-46-43(27-32)61(47-33(2)28-35(29-34(47)3)52(4,5)6)49-45-50(57(15,16)23-22-56(45,13)14)62-51(49)59(46)40-19-18-36-44-48(40)60(42)41-31-38-37(54(9,10)20-21-55(38,11)12)30-39(41)58(44,17)25-24-53(36,7)8/h18-19,26-31H,20-25H2,1-17H3. The highest BCUT2D eigenvalue weighted by Crippen LogP contribution is 2.63. The highest BCUT2D eigenvalue weighted by molar-refractivity contribution is 6.99. The van der Waals surface area contributed by atoms with Crippen LogP contribution in [0.5, 0.6) is 0 Å². The van der Waals surface area contributed by atoms with Crippen LogP contribution < -0.4 is 26.4 Å². The molecule has 4 heteroatoms. The fourth-order valence-electron chi connectivity index (χ4n) is 13.7. The van der Waals surface area contributed by atoms with Gasteiger partial charge in [0.1, 0.15) is 5.76 Å². The summed E-state index contributed by atoms with van der Waals surface area (Å²) in [4.78, 5) is 5.50. The van der Waals surface area contributed by atoms with Gasteiger partial charge in [-0.15, -0.1) is 0 Å². The van der Waals surface area contributed by atoms with E-state index < -0.39 is 0 Å². The molecule has 4 aromatic carbocycles. The van der Waals surface area contributed by atoms with Gasteiger partial charge in [-0.2, -0.15) is 0 Å². The largest absolute Gasteiger partial charge is 0.472 e. The minimum absolute atomic E-state index is 0.0288. The maximum Gasteiger partial charge on any atom is 0.297 e. The smallest absolute Gasteiger partial charge is 0.297 e. The zero-order chi connectivity index (χ0) is 44.4.